The predicted octanol–water partition coefficient (Wildman–Crippen LogP) is 2.12. The number of para-hydroxylation sites is 1. The summed E-state index contributed by atoms with van der Waals surface area (Å²) >= 11 is 0. The monoisotopic (exact) mass is 283 g/mol. The highest BCUT2D eigenvalue weighted by Gasteiger charge is 2.25. The molecule has 0 heterocycles. The molecule has 0 radical (unpaired) electrons. The highest BCUT2D eigenvalue weighted by atomic mass is 19.1. The summed E-state index contributed by atoms with van der Waals surface area (Å²) in [6.45, 7) is 4.11. The van der Waals surface area contributed by atoms with Gasteiger partial charge >= 0.3 is 0 Å². The van der Waals surface area contributed by atoms with Crippen LogP contribution in [0.3, 0.4) is 0 Å². The van der Waals surface area contributed by atoms with E-state index in [0.717, 1.165) is 12.8 Å². The highest BCUT2D eigenvalue weighted by Crippen LogP contribution is 2.24. The van der Waals surface area contributed by atoms with Crippen molar-refractivity contribution in [3.05, 3.63) is 30.1 Å². The van der Waals surface area contributed by atoms with Crippen molar-refractivity contribution in [2.45, 2.75) is 26.7 Å². The molecule has 4 nitrogen and oxygen atoms in total. The van der Waals surface area contributed by atoms with Crippen LogP contribution in [0.2, 0.25) is 0 Å². The number of aliphatic hydroxyl groups is 1. The molecule has 20 heavy (non-hydrogen) atoms. The molecule has 0 bridgehead atoms. The summed E-state index contributed by atoms with van der Waals surface area (Å²) in [6.07, 6.45) is 1.54. The van der Waals surface area contributed by atoms with E-state index >= 15 is 0 Å². The highest BCUT2D eigenvalue weighted by molar-refractivity contribution is 5.77. The van der Waals surface area contributed by atoms with E-state index in [0.29, 0.717) is 6.54 Å². The number of nitrogens with one attached hydrogen (secondary N) is 1. The van der Waals surface area contributed by atoms with Crippen molar-refractivity contribution < 1.29 is 19.0 Å². The molecule has 5 heteroatoms. The molecule has 0 atom stereocenters. The molecule has 0 aliphatic rings. The number of carbonyl (C=O) groups is 1. The van der Waals surface area contributed by atoms with Gasteiger partial charge in [0.05, 0.1) is 6.61 Å². The third kappa shape index (κ3) is 4.49. The van der Waals surface area contributed by atoms with Gasteiger partial charge in [0, 0.05) is 12.0 Å². The lowest BCUT2D eigenvalue weighted by molar-refractivity contribution is -0.123. The standard InChI is InChI=1S/C15H22FNO3/c1-3-15(4-2,11-18)10-17-14(19)9-20-13-8-6-5-7-12(13)16/h5-8,18H,3-4,9-11H2,1-2H3,(H,17,19). The number of benzene rings is 1. The average Bonchev–Trinajstić information content (AvgIpc) is 2.48. The van der Waals surface area contributed by atoms with Crippen LogP contribution >= 0.6 is 0 Å². The van der Waals surface area contributed by atoms with E-state index in [1.807, 2.05) is 13.8 Å². The van der Waals surface area contributed by atoms with Gasteiger partial charge in [-0.3, -0.25) is 4.79 Å². The smallest absolute Gasteiger partial charge is 0.257 e. The van der Waals surface area contributed by atoms with Crippen molar-refractivity contribution in [2.24, 2.45) is 5.41 Å². The summed E-state index contributed by atoms with van der Waals surface area (Å²) in [6, 6.07) is 5.94. The molecule has 1 amide bonds. The Labute approximate surface area is 119 Å². The van der Waals surface area contributed by atoms with Gasteiger partial charge in [0.2, 0.25) is 0 Å². The molecule has 0 aliphatic heterocycles. The molecule has 1 aromatic carbocycles. The van der Waals surface area contributed by atoms with Gasteiger partial charge in [0.15, 0.2) is 18.2 Å². The first-order valence-electron chi connectivity index (χ1n) is 6.82. The van der Waals surface area contributed by atoms with Crippen molar-refractivity contribution in [1.82, 2.24) is 5.32 Å². The van der Waals surface area contributed by atoms with Gasteiger partial charge in [-0.05, 0) is 25.0 Å². The van der Waals surface area contributed by atoms with Crippen molar-refractivity contribution in [3.8, 4) is 5.75 Å². The Morgan fingerprint density at radius 3 is 2.55 bits per heavy atom. The Hall–Kier alpha value is -1.62. The maximum absolute atomic E-state index is 13.3. The molecule has 0 fully saturated rings. The minimum atomic E-state index is -0.493. The van der Waals surface area contributed by atoms with E-state index in [1.165, 1.54) is 12.1 Å². The number of ether oxygens (including phenoxy) is 1. The molecule has 1 aromatic rings. The maximum atomic E-state index is 13.3. The third-order valence-electron chi connectivity index (χ3n) is 3.69. The zero-order valence-electron chi connectivity index (χ0n) is 12.0. The number of carbonyl (C=O) groups excluding carboxylic acids is 1. The quantitative estimate of drug-likeness (QED) is 0.768. The molecule has 112 valence electrons. The van der Waals surface area contributed by atoms with Gasteiger partial charge in [0.1, 0.15) is 0 Å². The average molecular weight is 283 g/mol. The summed E-state index contributed by atoms with van der Waals surface area (Å²) in [5.74, 6) is -0.762. The molecule has 2 N–H and O–H groups in total. The summed E-state index contributed by atoms with van der Waals surface area (Å²) < 4.78 is 18.4. The lowest BCUT2D eigenvalue weighted by atomic mass is 9.83. The van der Waals surface area contributed by atoms with Gasteiger partial charge < -0.3 is 15.2 Å². The fourth-order valence-electron chi connectivity index (χ4n) is 1.82. The number of halogens is 1. The van der Waals surface area contributed by atoms with Crippen LogP contribution < -0.4 is 10.1 Å². The molecule has 0 saturated carbocycles. The Morgan fingerprint density at radius 2 is 2.00 bits per heavy atom. The lowest BCUT2D eigenvalue weighted by Gasteiger charge is -2.29. The van der Waals surface area contributed by atoms with Crippen LogP contribution in [0.15, 0.2) is 24.3 Å². The van der Waals surface area contributed by atoms with Gasteiger partial charge in [-0.2, -0.15) is 0 Å². The summed E-state index contributed by atoms with van der Waals surface area (Å²) in [4.78, 5) is 11.7. The fourth-order valence-corrected chi connectivity index (χ4v) is 1.82. The summed E-state index contributed by atoms with van der Waals surface area (Å²) in [5, 5.41) is 12.1. The van der Waals surface area contributed by atoms with Crippen LogP contribution in [-0.4, -0.2) is 30.8 Å². The van der Waals surface area contributed by atoms with E-state index in [1.54, 1.807) is 12.1 Å². The number of hydrogen-bond acceptors (Lipinski definition) is 3. The topological polar surface area (TPSA) is 58.6 Å². The van der Waals surface area contributed by atoms with E-state index in [9.17, 15) is 14.3 Å². The maximum Gasteiger partial charge on any atom is 0.257 e. The predicted molar refractivity (Wildman–Crippen MR) is 75.0 cm³/mol. The van der Waals surface area contributed by atoms with E-state index in [-0.39, 0.29) is 30.3 Å². The zero-order chi connectivity index (χ0) is 15.0. The largest absolute Gasteiger partial charge is 0.481 e. The molecular formula is C15H22FNO3. The molecule has 0 aromatic heterocycles. The van der Waals surface area contributed by atoms with Crippen LogP contribution in [0, 0.1) is 11.2 Å². The molecule has 0 unspecified atom stereocenters. The summed E-state index contributed by atoms with van der Waals surface area (Å²) in [7, 11) is 0. The Bertz CT molecular complexity index is 425. The van der Waals surface area contributed by atoms with Crippen molar-refractivity contribution >= 4 is 5.91 Å². The number of rotatable bonds is 8. The molecule has 0 saturated heterocycles. The number of aliphatic hydroxyl groups excluding tert-OH is 1. The first kappa shape index (κ1) is 16.4. The van der Waals surface area contributed by atoms with Crippen LogP contribution in [-0.2, 0) is 4.79 Å². The lowest BCUT2D eigenvalue weighted by Crippen LogP contribution is -2.41. The fraction of sp³-hybridized carbons (Fsp3) is 0.533. The van der Waals surface area contributed by atoms with Crippen molar-refractivity contribution in [2.75, 3.05) is 19.8 Å². The van der Waals surface area contributed by atoms with Gasteiger partial charge in [-0.1, -0.05) is 26.0 Å². The Morgan fingerprint density at radius 1 is 1.35 bits per heavy atom. The van der Waals surface area contributed by atoms with E-state index in [4.69, 9.17) is 4.74 Å². The van der Waals surface area contributed by atoms with Crippen molar-refractivity contribution in [1.29, 1.82) is 0 Å². The molecule has 0 aliphatic carbocycles. The third-order valence-corrected chi connectivity index (χ3v) is 3.69. The SMILES string of the molecule is CCC(CC)(CO)CNC(=O)COc1ccccc1F. The van der Waals surface area contributed by atoms with Crippen LogP contribution in [0.1, 0.15) is 26.7 Å². The van der Waals surface area contributed by atoms with Gasteiger partial charge in [-0.15, -0.1) is 0 Å². The second kappa shape index (κ2) is 7.85. The van der Waals surface area contributed by atoms with E-state index < -0.39 is 5.82 Å². The second-order valence-corrected chi connectivity index (χ2v) is 4.86. The van der Waals surface area contributed by atoms with Crippen LogP contribution in [0.25, 0.3) is 0 Å². The summed E-state index contributed by atoms with van der Waals surface area (Å²) in [5.41, 5.74) is -0.298. The molecular weight excluding hydrogens is 261 g/mol. The number of hydrogen-bond donors (Lipinski definition) is 2. The van der Waals surface area contributed by atoms with Crippen molar-refractivity contribution in [3.63, 3.8) is 0 Å². The first-order chi connectivity index (χ1) is 9.56. The van der Waals surface area contributed by atoms with Gasteiger partial charge in [-0.25, -0.2) is 4.39 Å². The minimum absolute atomic E-state index is 0.0223. The Balaban J connectivity index is 2.43. The number of amides is 1. The second-order valence-electron chi connectivity index (χ2n) is 4.86. The van der Waals surface area contributed by atoms with Crippen LogP contribution in [0.5, 0.6) is 5.75 Å². The Kier molecular flexibility index (Phi) is 6.45. The minimum Gasteiger partial charge on any atom is -0.481 e. The van der Waals surface area contributed by atoms with Gasteiger partial charge in [0.25, 0.3) is 5.91 Å². The molecule has 0 spiro atoms. The zero-order valence-corrected chi connectivity index (χ0v) is 12.0. The normalized spacial score (nSPS) is 11.2. The molecule has 1 rings (SSSR count). The van der Waals surface area contributed by atoms with E-state index in [2.05, 4.69) is 5.32 Å². The van der Waals surface area contributed by atoms with Crippen LogP contribution in [0.4, 0.5) is 4.39 Å². The first-order valence-corrected chi connectivity index (χ1v) is 6.82.